The van der Waals surface area contributed by atoms with Crippen LogP contribution < -0.4 is 5.32 Å². The van der Waals surface area contributed by atoms with Crippen LogP contribution >= 0.6 is 47.2 Å². The normalized spacial score (nSPS) is 11.2. The highest BCUT2D eigenvalue weighted by molar-refractivity contribution is 14.0. The summed E-state index contributed by atoms with van der Waals surface area (Å²) in [7, 11) is 5.72. The fourth-order valence-corrected chi connectivity index (χ4v) is 2.79. The van der Waals surface area contributed by atoms with Crippen molar-refractivity contribution in [2.75, 3.05) is 20.6 Å². The molecule has 2 aromatic rings. The van der Waals surface area contributed by atoms with Gasteiger partial charge in [0.15, 0.2) is 5.96 Å². The van der Waals surface area contributed by atoms with Gasteiger partial charge in [-0.3, -0.25) is 9.67 Å². The molecule has 1 aromatic heterocycles. The number of aromatic nitrogens is 2. The minimum atomic E-state index is 0. The lowest BCUT2D eigenvalue weighted by atomic mass is 10.2. The van der Waals surface area contributed by atoms with Gasteiger partial charge in [0.2, 0.25) is 0 Å². The Balaban J connectivity index is 0.00000312. The van der Waals surface area contributed by atoms with E-state index in [2.05, 4.69) is 20.3 Å². The molecule has 0 atom stereocenters. The van der Waals surface area contributed by atoms with Gasteiger partial charge in [-0.25, -0.2) is 0 Å². The summed E-state index contributed by atoms with van der Waals surface area (Å²) < 4.78 is 1.83. The molecule has 0 saturated heterocycles. The molecule has 0 spiro atoms. The summed E-state index contributed by atoms with van der Waals surface area (Å²) in [5.74, 6) is 0.854. The molecule has 0 amide bonds. The van der Waals surface area contributed by atoms with E-state index in [0.29, 0.717) is 16.6 Å². The molecular formula is C17H24Cl2IN5. The molecule has 0 aliphatic heterocycles. The Bertz CT molecular complexity index is 702. The smallest absolute Gasteiger partial charge is 0.193 e. The highest BCUT2D eigenvalue weighted by atomic mass is 127. The van der Waals surface area contributed by atoms with Crippen LogP contribution in [0, 0.1) is 0 Å². The van der Waals surface area contributed by atoms with E-state index in [4.69, 9.17) is 23.2 Å². The SMILES string of the molecule is CN=C(NCCCc1cnn(C)c1)N(C)Cc1ccc(Cl)c(Cl)c1.I. The van der Waals surface area contributed by atoms with E-state index in [1.54, 1.807) is 7.05 Å². The van der Waals surface area contributed by atoms with Gasteiger partial charge in [-0.2, -0.15) is 5.10 Å². The number of rotatable bonds is 6. The van der Waals surface area contributed by atoms with Crippen molar-refractivity contribution in [1.82, 2.24) is 20.0 Å². The Morgan fingerprint density at radius 1 is 1.28 bits per heavy atom. The summed E-state index contributed by atoms with van der Waals surface area (Å²) in [6, 6.07) is 5.67. The van der Waals surface area contributed by atoms with Gasteiger partial charge in [0, 0.05) is 40.4 Å². The van der Waals surface area contributed by atoms with Crippen LogP contribution in [0.3, 0.4) is 0 Å². The second-order valence-electron chi connectivity index (χ2n) is 5.70. The fourth-order valence-electron chi connectivity index (χ4n) is 2.47. The fraction of sp³-hybridized carbons (Fsp3) is 0.412. The molecule has 0 saturated carbocycles. The third kappa shape index (κ3) is 7.03. The zero-order valence-electron chi connectivity index (χ0n) is 14.7. The molecule has 25 heavy (non-hydrogen) atoms. The molecule has 1 N–H and O–H groups in total. The van der Waals surface area contributed by atoms with Crippen molar-refractivity contribution in [3.63, 3.8) is 0 Å². The monoisotopic (exact) mass is 495 g/mol. The molecule has 5 nitrogen and oxygen atoms in total. The van der Waals surface area contributed by atoms with Crippen LogP contribution in [0.5, 0.6) is 0 Å². The van der Waals surface area contributed by atoms with Crippen molar-refractivity contribution in [2.24, 2.45) is 12.0 Å². The molecule has 1 aromatic carbocycles. The lowest BCUT2D eigenvalue weighted by molar-refractivity contribution is 0.476. The molecule has 0 unspecified atom stereocenters. The highest BCUT2D eigenvalue weighted by Gasteiger charge is 2.08. The van der Waals surface area contributed by atoms with Crippen LogP contribution in [0.25, 0.3) is 0 Å². The minimum absolute atomic E-state index is 0. The summed E-state index contributed by atoms with van der Waals surface area (Å²) in [5, 5.41) is 8.70. The quantitative estimate of drug-likeness (QED) is 0.285. The molecule has 1 heterocycles. The van der Waals surface area contributed by atoms with E-state index >= 15 is 0 Å². The minimum Gasteiger partial charge on any atom is -0.356 e. The van der Waals surface area contributed by atoms with Crippen molar-refractivity contribution < 1.29 is 0 Å². The number of aryl methyl sites for hydroxylation is 2. The standard InChI is InChI=1S/C17H23Cl2N5.HI/c1-20-17(21-8-4-5-14-10-22-24(3)12-14)23(2)11-13-6-7-15(18)16(19)9-13;/h6-7,9-10,12H,4-5,8,11H2,1-3H3,(H,20,21);1H. The van der Waals surface area contributed by atoms with Crippen LogP contribution in [0.2, 0.25) is 10.0 Å². The predicted octanol–water partition coefficient (Wildman–Crippen LogP) is 3.98. The van der Waals surface area contributed by atoms with E-state index in [1.807, 2.05) is 49.4 Å². The van der Waals surface area contributed by atoms with E-state index in [1.165, 1.54) is 5.56 Å². The number of aliphatic imine (C=N–C) groups is 1. The van der Waals surface area contributed by atoms with Gasteiger partial charge in [-0.15, -0.1) is 24.0 Å². The maximum absolute atomic E-state index is 6.07. The van der Waals surface area contributed by atoms with Crippen LogP contribution in [-0.2, 0) is 20.0 Å². The maximum Gasteiger partial charge on any atom is 0.193 e. The van der Waals surface area contributed by atoms with E-state index in [0.717, 1.165) is 30.9 Å². The van der Waals surface area contributed by atoms with Gasteiger partial charge in [0.25, 0.3) is 0 Å². The van der Waals surface area contributed by atoms with Crippen molar-refractivity contribution >= 4 is 53.1 Å². The van der Waals surface area contributed by atoms with Gasteiger partial charge in [0.1, 0.15) is 0 Å². The van der Waals surface area contributed by atoms with Crippen molar-refractivity contribution in [3.8, 4) is 0 Å². The average Bonchev–Trinajstić information content (AvgIpc) is 2.96. The highest BCUT2D eigenvalue weighted by Crippen LogP contribution is 2.23. The zero-order chi connectivity index (χ0) is 17.5. The Morgan fingerprint density at radius 3 is 2.64 bits per heavy atom. The summed E-state index contributed by atoms with van der Waals surface area (Å²) in [4.78, 5) is 6.39. The first-order valence-corrected chi connectivity index (χ1v) is 8.58. The van der Waals surface area contributed by atoms with Crippen LogP contribution in [-0.4, -0.2) is 41.3 Å². The van der Waals surface area contributed by atoms with Gasteiger partial charge in [0.05, 0.1) is 16.2 Å². The molecule has 8 heteroatoms. The number of benzene rings is 1. The first-order chi connectivity index (χ1) is 11.5. The number of hydrogen-bond acceptors (Lipinski definition) is 2. The Labute approximate surface area is 176 Å². The maximum atomic E-state index is 6.07. The summed E-state index contributed by atoms with van der Waals surface area (Å²) in [6.45, 7) is 1.56. The Kier molecular flexibility index (Phi) is 9.60. The third-order valence-corrected chi connectivity index (χ3v) is 4.40. The average molecular weight is 496 g/mol. The molecule has 0 aliphatic rings. The summed E-state index contributed by atoms with van der Waals surface area (Å²) in [5.41, 5.74) is 2.34. The largest absolute Gasteiger partial charge is 0.356 e. The Morgan fingerprint density at radius 2 is 2.04 bits per heavy atom. The number of guanidine groups is 1. The summed E-state index contributed by atoms with van der Waals surface area (Å²) in [6.07, 6.45) is 5.97. The lowest BCUT2D eigenvalue weighted by Gasteiger charge is -2.22. The van der Waals surface area contributed by atoms with Crippen molar-refractivity contribution in [1.29, 1.82) is 0 Å². The van der Waals surface area contributed by atoms with Crippen molar-refractivity contribution in [2.45, 2.75) is 19.4 Å². The molecule has 138 valence electrons. The first kappa shape index (κ1) is 22.1. The second-order valence-corrected chi connectivity index (χ2v) is 6.52. The number of hydrogen-bond donors (Lipinski definition) is 1. The third-order valence-electron chi connectivity index (χ3n) is 3.66. The topological polar surface area (TPSA) is 45.5 Å². The van der Waals surface area contributed by atoms with Crippen LogP contribution in [0.4, 0.5) is 0 Å². The number of halogens is 3. The molecule has 2 rings (SSSR count). The second kappa shape index (κ2) is 10.9. The van der Waals surface area contributed by atoms with Gasteiger partial charge in [-0.05, 0) is 36.1 Å². The molecule has 0 radical (unpaired) electrons. The van der Waals surface area contributed by atoms with Gasteiger partial charge < -0.3 is 10.2 Å². The van der Waals surface area contributed by atoms with E-state index in [9.17, 15) is 0 Å². The molecule has 0 fully saturated rings. The lowest BCUT2D eigenvalue weighted by Crippen LogP contribution is -2.39. The number of nitrogens with zero attached hydrogens (tertiary/aromatic N) is 4. The summed E-state index contributed by atoms with van der Waals surface area (Å²) >= 11 is 12.0. The number of nitrogens with one attached hydrogen (secondary N) is 1. The molecular weight excluding hydrogens is 472 g/mol. The van der Waals surface area contributed by atoms with E-state index in [-0.39, 0.29) is 24.0 Å². The van der Waals surface area contributed by atoms with Gasteiger partial charge >= 0.3 is 0 Å². The Hall–Kier alpha value is -0.990. The first-order valence-electron chi connectivity index (χ1n) is 7.83. The van der Waals surface area contributed by atoms with Crippen molar-refractivity contribution in [3.05, 3.63) is 51.8 Å². The van der Waals surface area contributed by atoms with Crippen LogP contribution in [0.1, 0.15) is 17.5 Å². The van der Waals surface area contributed by atoms with E-state index < -0.39 is 0 Å². The predicted molar refractivity (Wildman–Crippen MR) is 116 cm³/mol. The molecule has 0 aliphatic carbocycles. The zero-order valence-corrected chi connectivity index (χ0v) is 18.5. The molecule has 0 bridgehead atoms. The van der Waals surface area contributed by atoms with Crippen LogP contribution in [0.15, 0.2) is 35.6 Å². The van der Waals surface area contributed by atoms with Gasteiger partial charge in [-0.1, -0.05) is 29.3 Å².